The van der Waals surface area contributed by atoms with E-state index in [-0.39, 0.29) is 31.1 Å². The summed E-state index contributed by atoms with van der Waals surface area (Å²) in [6, 6.07) is 15.5. The summed E-state index contributed by atoms with van der Waals surface area (Å²) in [5, 5.41) is 5.28. The van der Waals surface area contributed by atoms with Gasteiger partial charge in [-0.1, -0.05) is 12.1 Å². The molecule has 0 aliphatic heterocycles. The summed E-state index contributed by atoms with van der Waals surface area (Å²) in [6.45, 7) is 1.47. The van der Waals surface area contributed by atoms with Crippen molar-refractivity contribution in [3.63, 3.8) is 0 Å². The smallest absolute Gasteiger partial charge is 0.255 e. The van der Waals surface area contributed by atoms with Gasteiger partial charge in [0.2, 0.25) is 11.8 Å². The van der Waals surface area contributed by atoms with E-state index in [2.05, 4.69) is 10.6 Å². The zero-order valence-electron chi connectivity index (χ0n) is 19.3. The molecule has 0 atom stereocenters. The summed E-state index contributed by atoms with van der Waals surface area (Å²) in [4.78, 5) is 39.4. The van der Waals surface area contributed by atoms with Crippen LogP contribution >= 0.6 is 0 Å². The van der Waals surface area contributed by atoms with Crippen molar-refractivity contribution in [1.29, 1.82) is 0 Å². The third-order valence-electron chi connectivity index (χ3n) is 4.89. The maximum atomic E-state index is 13.3. The molecule has 0 spiro atoms. The summed E-state index contributed by atoms with van der Waals surface area (Å²) in [7, 11) is 2.97. The zero-order chi connectivity index (χ0) is 24.5. The molecule has 3 aromatic rings. The lowest BCUT2D eigenvalue weighted by Gasteiger charge is -2.22. The molecule has 178 valence electrons. The first-order valence-electron chi connectivity index (χ1n) is 10.6. The second-order valence-electron chi connectivity index (χ2n) is 7.54. The summed E-state index contributed by atoms with van der Waals surface area (Å²) in [6.07, 6.45) is 1.49. The van der Waals surface area contributed by atoms with Gasteiger partial charge in [0, 0.05) is 17.3 Å². The van der Waals surface area contributed by atoms with Crippen LogP contribution in [0.1, 0.15) is 21.7 Å². The first kappa shape index (κ1) is 24.4. The molecule has 0 saturated heterocycles. The molecule has 0 aliphatic rings. The van der Waals surface area contributed by atoms with Crippen LogP contribution in [0.25, 0.3) is 0 Å². The van der Waals surface area contributed by atoms with Gasteiger partial charge in [-0.2, -0.15) is 0 Å². The van der Waals surface area contributed by atoms with Crippen LogP contribution in [0.15, 0.2) is 65.3 Å². The molecule has 2 N–H and O–H groups in total. The lowest BCUT2D eigenvalue weighted by molar-refractivity contribution is -0.124. The van der Waals surface area contributed by atoms with Crippen molar-refractivity contribution in [2.75, 3.05) is 32.6 Å². The van der Waals surface area contributed by atoms with Crippen LogP contribution in [0.3, 0.4) is 0 Å². The van der Waals surface area contributed by atoms with E-state index in [9.17, 15) is 14.4 Å². The predicted octanol–water partition coefficient (Wildman–Crippen LogP) is 3.00. The average molecular weight is 466 g/mol. The minimum atomic E-state index is -0.492. The molecule has 34 heavy (non-hydrogen) atoms. The number of anilines is 1. The molecule has 1 aromatic heterocycles. The first-order valence-corrected chi connectivity index (χ1v) is 10.6. The van der Waals surface area contributed by atoms with Gasteiger partial charge in [0.05, 0.1) is 33.6 Å². The largest absolute Gasteiger partial charge is 0.497 e. The number of benzene rings is 2. The first-order chi connectivity index (χ1) is 16.4. The molecular weight excluding hydrogens is 438 g/mol. The lowest BCUT2D eigenvalue weighted by atomic mass is 10.1. The van der Waals surface area contributed by atoms with Gasteiger partial charge < -0.3 is 29.4 Å². The Morgan fingerprint density at radius 2 is 1.68 bits per heavy atom. The van der Waals surface area contributed by atoms with Gasteiger partial charge in [0.25, 0.3) is 5.91 Å². The second kappa shape index (κ2) is 11.6. The third kappa shape index (κ3) is 6.86. The van der Waals surface area contributed by atoms with Crippen LogP contribution in [0.5, 0.6) is 11.5 Å². The lowest BCUT2D eigenvalue weighted by Crippen LogP contribution is -2.42. The van der Waals surface area contributed by atoms with Gasteiger partial charge in [0.1, 0.15) is 23.8 Å². The summed E-state index contributed by atoms with van der Waals surface area (Å²) in [5.74, 6) is 0.103. The summed E-state index contributed by atoms with van der Waals surface area (Å²) < 4.78 is 15.8. The molecule has 0 bridgehead atoms. The molecule has 1 heterocycles. The molecule has 2 aromatic carbocycles. The number of aryl methyl sites for hydroxylation is 1. The maximum Gasteiger partial charge on any atom is 0.255 e. The number of nitrogens with zero attached hydrogens (tertiary/aromatic N) is 1. The van der Waals surface area contributed by atoms with E-state index < -0.39 is 11.8 Å². The molecule has 0 aliphatic carbocycles. The highest BCUT2D eigenvalue weighted by atomic mass is 16.5. The summed E-state index contributed by atoms with van der Waals surface area (Å²) in [5.41, 5.74) is 1.93. The van der Waals surface area contributed by atoms with Gasteiger partial charge in [-0.3, -0.25) is 14.4 Å². The van der Waals surface area contributed by atoms with E-state index in [1.807, 2.05) is 25.1 Å². The van der Waals surface area contributed by atoms with Gasteiger partial charge in [-0.25, -0.2) is 0 Å². The Labute approximate surface area is 197 Å². The zero-order valence-corrected chi connectivity index (χ0v) is 19.3. The van der Waals surface area contributed by atoms with Crippen molar-refractivity contribution >= 4 is 23.4 Å². The van der Waals surface area contributed by atoms with Crippen molar-refractivity contribution in [2.45, 2.75) is 13.5 Å². The normalized spacial score (nSPS) is 10.3. The number of carbonyl (C=O) groups is 3. The number of hydrogen-bond donors (Lipinski definition) is 2. The van der Waals surface area contributed by atoms with Crippen LogP contribution in [-0.4, -0.2) is 49.9 Å². The highest BCUT2D eigenvalue weighted by Crippen LogP contribution is 2.24. The Hall–Kier alpha value is -4.27. The number of amides is 3. The molecule has 0 fully saturated rings. The van der Waals surface area contributed by atoms with Crippen molar-refractivity contribution in [3.8, 4) is 11.5 Å². The molecular formula is C25H27N3O6. The minimum Gasteiger partial charge on any atom is -0.497 e. The number of ether oxygens (including phenoxy) is 2. The van der Waals surface area contributed by atoms with Crippen LogP contribution in [-0.2, 0) is 16.1 Å². The fourth-order valence-corrected chi connectivity index (χ4v) is 3.24. The van der Waals surface area contributed by atoms with Crippen molar-refractivity contribution < 1.29 is 28.3 Å². The van der Waals surface area contributed by atoms with Crippen molar-refractivity contribution in [1.82, 2.24) is 10.2 Å². The van der Waals surface area contributed by atoms with Crippen LogP contribution in [0.4, 0.5) is 5.69 Å². The quantitative estimate of drug-likeness (QED) is 0.476. The van der Waals surface area contributed by atoms with Gasteiger partial charge in [0.15, 0.2) is 0 Å². The molecule has 0 unspecified atom stereocenters. The molecule has 3 amide bonds. The second-order valence-corrected chi connectivity index (χ2v) is 7.54. The number of rotatable bonds is 10. The van der Waals surface area contributed by atoms with Crippen LogP contribution < -0.4 is 20.1 Å². The monoisotopic (exact) mass is 465 g/mol. The molecule has 3 rings (SSSR count). The van der Waals surface area contributed by atoms with E-state index >= 15 is 0 Å². The Balaban J connectivity index is 1.67. The maximum absolute atomic E-state index is 13.3. The van der Waals surface area contributed by atoms with Crippen LogP contribution in [0, 0.1) is 6.92 Å². The van der Waals surface area contributed by atoms with Gasteiger partial charge in [-0.05, 0) is 48.9 Å². The van der Waals surface area contributed by atoms with Crippen molar-refractivity contribution in [3.05, 3.63) is 77.7 Å². The summed E-state index contributed by atoms with van der Waals surface area (Å²) >= 11 is 0. The fraction of sp³-hybridized carbons (Fsp3) is 0.240. The van der Waals surface area contributed by atoms with E-state index in [4.69, 9.17) is 13.9 Å². The Kier molecular flexibility index (Phi) is 8.28. The number of hydrogen-bond acceptors (Lipinski definition) is 6. The van der Waals surface area contributed by atoms with Gasteiger partial charge >= 0.3 is 0 Å². The minimum absolute atomic E-state index is 0.0638. The number of nitrogens with one attached hydrogen (secondary N) is 2. The van der Waals surface area contributed by atoms with E-state index in [0.29, 0.717) is 22.9 Å². The van der Waals surface area contributed by atoms with E-state index in [0.717, 1.165) is 5.56 Å². The van der Waals surface area contributed by atoms with E-state index in [1.54, 1.807) is 36.4 Å². The van der Waals surface area contributed by atoms with Gasteiger partial charge in [-0.15, -0.1) is 0 Å². The molecule has 0 saturated carbocycles. The SMILES string of the molecule is COc1cc(OC)cc(C(=O)N(CC(=O)NCC(=O)Nc2cccc(C)c2)Cc2ccco2)c1. The molecule has 0 radical (unpaired) electrons. The Bertz CT molecular complexity index is 1120. The average Bonchev–Trinajstić information content (AvgIpc) is 3.34. The highest BCUT2D eigenvalue weighted by Gasteiger charge is 2.22. The number of methoxy groups -OCH3 is 2. The van der Waals surface area contributed by atoms with Crippen LogP contribution in [0.2, 0.25) is 0 Å². The Morgan fingerprint density at radius 3 is 2.29 bits per heavy atom. The molecule has 9 nitrogen and oxygen atoms in total. The topological polar surface area (TPSA) is 110 Å². The van der Waals surface area contributed by atoms with Crippen molar-refractivity contribution in [2.24, 2.45) is 0 Å². The highest BCUT2D eigenvalue weighted by molar-refractivity contribution is 5.98. The molecule has 9 heteroatoms. The Morgan fingerprint density at radius 1 is 0.941 bits per heavy atom. The predicted molar refractivity (Wildman–Crippen MR) is 126 cm³/mol. The third-order valence-corrected chi connectivity index (χ3v) is 4.89. The number of furan rings is 1. The number of carbonyl (C=O) groups excluding carboxylic acids is 3. The standard InChI is InChI=1S/C25H27N3O6/c1-17-6-4-7-19(10-17)27-23(29)14-26-24(30)16-28(15-20-8-5-9-34-20)25(31)18-11-21(32-2)13-22(12-18)33-3/h4-13H,14-16H2,1-3H3,(H,26,30)(H,27,29). The van der Waals surface area contributed by atoms with E-state index in [1.165, 1.54) is 25.4 Å². The fourth-order valence-electron chi connectivity index (χ4n) is 3.24.